The Kier molecular flexibility index (Phi) is 9.89. The Balaban J connectivity index is 2.76. The fraction of sp³-hybridized carbons (Fsp3) is 0.565. The lowest BCUT2D eigenvalue weighted by atomic mass is 10.0. The van der Waals surface area contributed by atoms with Gasteiger partial charge in [0.25, 0.3) is 0 Å². The van der Waals surface area contributed by atoms with Crippen LogP contribution in [-0.4, -0.2) is 41.5 Å². The second-order valence-corrected chi connectivity index (χ2v) is 8.25. The Morgan fingerprint density at radius 3 is 2.31 bits per heavy atom. The van der Waals surface area contributed by atoms with E-state index in [9.17, 15) is 14.7 Å². The Labute approximate surface area is 174 Å². The molecule has 0 aromatic heterocycles. The van der Waals surface area contributed by atoms with Crippen LogP contribution >= 0.6 is 0 Å². The third kappa shape index (κ3) is 11.3. The minimum atomic E-state index is -0.707. The van der Waals surface area contributed by atoms with Crippen LogP contribution < -0.4 is 5.32 Å². The number of carbonyl (C=O) groups excluding carboxylic acids is 2. The van der Waals surface area contributed by atoms with E-state index in [1.807, 2.05) is 26.0 Å². The monoisotopic (exact) mass is 405 g/mol. The highest BCUT2D eigenvalue weighted by Crippen LogP contribution is 2.13. The minimum absolute atomic E-state index is 0.159. The van der Waals surface area contributed by atoms with Crippen molar-refractivity contribution in [1.29, 1.82) is 0 Å². The smallest absolute Gasteiger partial charge is 0.408 e. The van der Waals surface area contributed by atoms with Gasteiger partial charge in [-0.05, 0) is 53.5 Å². The molecule has 0 aliphatic rings. The van der Waals surface area contributed by atoms with Crippen LogP contribution in [0.1, 0.15) is 57.2 Å². The van der Waals surface area contributed by atoms with Crippen LogP contribution in [-0.2, 0) is 20.7 Å². The lowest BCUT2D eigenvalue weighted by molar-refractivity contribution is -0.143. The summed E-state index contributed by atoms with van der Waals surface area (Å²) in [5, 5.41) is 13.1. The molecule has 6 nitrogen and oxygen atoms in total. The summed E-state index contributed by atoms with van der Waals surface area (Å²) in [6.07, 6.45) is 3.05. The lowest BCUT2D eigenvalue weighted by Gasteiger charge is -2.22. The molecule has 0 radical (unpaired) electrons. The number of ether oxygens (including phenoxy) is 2. The molecule has 0 heterocycles. The first-order valence-electron chi connectivity index (χ1n) is 10.1. The van der Waals surface area contributed by atoms with Crippen molar-refractivity contribution in [2.45, 2.75) is 78.6 Å². The van der Waals surface area contributed by atoms with Gasteiger partial charge in [0.2, 0.25) is 0 Å². The van der Waals surface area contributed by atoms with E-state index in [1.165, 1.54) is 0 Å². The molecule has 1 aromatic rings. The zero-order chi connectivity index (χ0) is 22.0. The van der Waals surface area contributed by atoms with Crippen LogP contribution in [0.5, 0.6) is 0 Å². The topological polar surface area (TPSA) is 84.9 Å². The molecule has 0 bridgehead atoms. The third-order valence-electron chi connectivity index (χ3n) is 3.96. The van der Waals surface area contributed by atoms with Gasteiger partial charge in [-0.2, -0.15) is 0 Å². The molecule has 1 rings (SSSR count). The summed E-state index contributed by atoms with van der Waals surface area (Å²) in [7, 11) is 0. The fourth-order valence-electron chi connectivity index (χ4n) is 2.94. The number of nitrogens with one attached hydrogen (secondary N) is 1. The molecule has 0 aliphatic heterocycles. The highest BCUT2D eigenvalue weighted by Gasteiger charge is 2.19. The predicted octanol–water partition coefficient (Wildman–Crippen LogP) is 4.00. The van der Waals surface area contributed by atoms with E-state index in [0.29, 0.717) is 19.4 Å². The van der Waals surface area contributed by atoms with E-state index >= 15 is 0 Å². The number of rotatable bonds is 9. The van der Waals surface area contributed by atoms with Gasteiger partial charge in [-0.1, -0.05) is 41.5 Å². The molecule has 0 fully saturated rings. The van der Waals surface area contributed by atoms with E-state index in [4.69, 9.17) is 9.47 Å². The SMILES string of the molecule is CCOC(=O)CCC(C=CC(O)Cc1cc(C)cc(C)c1)NC(=O)OC(C)(C)C. The van der Waals surface area contributed by atoms with Crippen LogP contribution in [0, 0.1) is 13.8 Å². The highest BCUT2D eigenvalue weighted by molar-refractivity contribution is 5.70. The van der Waals surface area contributed by atoms with Crippen LogP contribution in [0.15, 0.2) is 30.4 Å². The number of carbonyl (C=O) groups is 2. The predicted molar refractivity (Wildman–Crippen MR) is 114 cm³/mol. The minimum Gasteiger partial charge on any atom is -0.466 e. The maximum absolute atomic E-state index is 12.1. The Morgan fingerprint density at radius 1 is 1.14 bits per heavy atom. The van der Waals surface area contributed by atoms with Crippen molar-refractivity contribution in [2.75, 3.05) is 6.61 Å². The number of hydrogen-bond acceptors (Lipinski definition) is 5. The standard InChI is InChI=1S/C23H35NO5/c1-7-28-21(26)11-9-19(24-22(27)29-23(4,5)6)8-10-20(25)15-18-13-16(2)12-17(3)14-18/h8,10,12-14,19-20,25H,7,9,11,15H2,1-6H3,(H,24,27). The number of aliphatic hydroxyl groups excluding tert-OH is 1. The van der Waals surface area contributed by atoms with Crippen molar-refractivity contribution in [1.82, 2.24) is 5.32 Å². The quantitative estimate of drug-likeness (QED) is 0.479. The molecule has 2 unspecified atom stereocenters. The molecule has 1 aromatic carbocycles. The molecule has 0 saturated carbocycles. The average Bonchev–Trinajstić information content (AvgIpc) is 2.55. The van der Waals surface area contributed by atoms with Crippen molar-refractivity contribution in [3.05, 3.63) is 47.0 Å². The first-order chi connectivity index (χ1) is 13.5. The Morgan fingerprint density at radius 2 is 1.76 bits per heavy atom. The molecule has 6 heteroatoms. The Hall–Kier alpha value is -2.34. The molecular formula is C23H35NO5. The van der Waals surface area contributed by atoms with Crippen LogP contribution in [0.3, 0.4) is 0 Å². The van der Waals surface area contributed by atoms with Gasteiger partial charge in [-0.3, -0.25) is 4.79 Å². The van der Waals surface area contributed by atoms with Gasteiger partial charge in [-0.25, -0.2) is 4.79 Å². The summed E-state index contributed by atoms with van der Waals surface area (Å²) in [6.45, 7) is 11.5. The molecule has 0 aliphatic carbocycles. The van der Waals surface area contributed by atoms with Crippen LogP contribution in [0.2, 0.25) is 0 Å². The van der Waals surface area contributed by atoms with Crippen molar-refractivity contribution in [3.63, 3.8) is 0 Å². The van der Waals surface area contributed by atoms with E-state index in [1.54, 1.807) is 39.8 Å². The third-order valence-corrected chi connectivity index (χ3v) is 3.96. The van der Waals surface area contributed by atoms with E-state index < -0.39 is 23.8 Å². The number of aryl methyl sites for hydroxylation is 2. The maximum atomic E-state index is 12.1. The second kappa shape index (κ2) is 11.6. The summed E-state index contributed by atoms with van der Waals surface area (Å²) in [4.78, 5) is 23.8. The fourth-order valence-corrected chi connectivity index (χ4v) is 2.94. The van der Waals surface area contributed by atoms with Gasteiger partial charge in [0.05, 0.1) is 18.8 Å². The summed E-state index contributed by atoms with van der Waals surface area (Å²) < 4.78 is 10.2. The lowest BCUT2D eigenvalue weighted by Crippen LogP contribution is -2.38. The molecule has 29 heavy (non-hydrogen) atoms. The van der Waals surface area contributed by atoms with Crippen LogP contribution in [0.4, 0.5) is 4.79 Å². The van der Waals surface area contributed by atoms with Gasteiger partial charge in [0.15, 0.2) is 0 Å². The number of amides is 1. The number of alkyl carbamates (subject to hydrolysis) is 1. The molecule has 0 spiro atoms. The first kappa shape index (κ1) is 24.7. The number of esters is 1. The summed E-state index contributed by atoms with van der Waals surface area (Å²) in [5.74, 6) is -0.326. The van der Waals surface area contributed by atoms with E-state index in [2.05, 4.69) is 11.4 Å². The number of hydrogen-bond donors (Lipinski definition) is 2. The van der Waals surface area contributed by atoms with Crippen molar-refractivity contribution >= 4 is 12.1 Å². The van der Waals surface area contributed by atoms with E-state index in [0.717, 1.165) is 16.7 Å². The number of aliphatic hydroxyl groups is 1. The van der Waals surface area contributed by atoms with Crippen molar-refractivity contribution in [2.24, 2.45) is 0 Å². The van der Waals surface area contributed by atoms with Gasteiger partial charge >= 0.3 is 12.1 Å². The molecule has 2 atom stereocenters. The van der Waals surface area contributed by atoms with Gasteiger partial charge < -0.3 is 19.9 Å². The van der Waals surface area contributed by atoms with E-state index in [-0.39, 0.29) is 12.4 Å². The van der Waals surface area contributed by atoms with Crippen molar-refractivity contribution < 1.29 is 24.2 Å². The molecule has 1 amide bonds. The summed E-state index contributed by atoms with van der Waals surface area (Å²) in [6, 6.07) is 5.72. The highest BCUT2D eigenvalue weighted by atomic mass is 16.6. The first-order valence-corrected chi connectivity index (χ1v) is 10.1. The average molecular weight is 406 g/mol. The molecule has 162 valence electrons. The second-order valence-electron chi connectivity index (χ2n) is 8.25. The summed E-state index contributed by atoms with van der Waals surface area (Å²) >= 11 is 0. The van der Waals surface area contributed by atoms with Gasteiger partial charge in [0, 0.05) is 12.8 Å². The number of benzene rings is 1. The molecule has 0 saturated heterocycles. The molecular weight excluding hydrogens is 370 g/mol. The maximum Gasteiger partial charge on any atom is 0.408 e. The van der Waals surface area contributed by atoms with Crippen LogP contribution in [0.25, 0.3) is 0 Å². The zero-order valence-corrected chi connectivity index (χ0v) is 18.5. The van der Waals surface area contributed by atoms with Gasteiger partial charge in [-0.15, -0.1) is 0 Å². The molecule has 2 N–H and O–H groups in total. The summed E-state index contributed by atoms with van der Waals surface area (Å²) in [5.41, 5.74) is 2.72. The normalized spacial score (nSPS) is 13.8. The zero-order valence-electron chi connectivity index (χ0n) is 18.5. The largest absolute Gasteiger partial charge is 0.466 e. The van der Waals surface area contributed by atoms with Gasteiger partial charge in [0.1, 0.15) is 5.60 Å². The van der Waals surface area contributed by atoms with Crippen molar-refractivity contribution in [3.8, 4) is 0 Å². The Bertz CT molecular complexity index is 685.